The zero-order valence-electron chi connectivity index (χ0n) is 16.3. The van der Waals surface area contributed by atoms with E-state index in [1.165, 1.54) is 30.2 Å². The zero-order chi connectivity index (χ0) is 19.5. The van der Waals surface area contributed by atoms with Gasteiger partial charge in [0.05, 0.1) is 19.7 Å². The standard InChI is InChI=1S/C23H25FN2O2/c1-27-16-9-10-22-19(13-16)23(18-5-3-4-6-21(18)26-22)25-12-11-15-7-8-17(28-2)14-20(15)24/h7-10,13-14H,3-6,11-12H2,1-2H3,(H,25,26). The third kappa shape index (κ3) is 3.61. The number of hydrogen-bond acceptors (Lipinski definition) is 4. The third-order valence-corrected chi connectivity index (χ3v) is 5.43. The number of pyridine rings is 1. The molecule has 0 bridgehead atoms. The highest BCUT2D eigenvalue weighted by molar-refractivity contribution is 5.94. The van der Waals surface area contributed by atoms with Crippen LogP contribution in [0, 0.1) is 5.82 Å². The van der Waals surface area contributed by atoms with Gasteiger partial charge in [-0.1, -0.05) is 6.07 Å². The Labute approximate surface area is 164 Å². The zero-order valence-corrected chi connectivity index (χ0v) is 16.3. The molecule has 0 radical (unpaired) electrons. The lowest BCUT2D eigenvalue weighted by atomic mass is 9.92. The van der Waals surface area contributed by atoms with Gasteiger partial charge in [0.1, 0.15) is 17.3 Å². The molecule has 1 heterocycles. The summed E-state index contributed by atoms with van der Waals surface area (Å²) in [5.41, 5.74) is 5.24. The number of anilines is 1. The fourth-order valence-corrected chi connectivity index (χ4v) is 3.91. The first kappa shape index (κ1) is 18.5. The predicted octanol–water partition coefficient (Wildman–Crippen LogP) is 4.92. The Hall–Kier alpha value is -2.82. The summed E-state index contributed by atoms with van der Waals surface area (Å²) in [6, 6.07) is 11.0. The van der Waals surface area contributed by atoms with E-state index in [1.807, 2.05) is 18.2 Å². The first-order chi connectivity index (χ1) is 13.7. The van der Waals surface area contributed by atoms with Gasteiger partial charge in [0.2, 0.25) is 0 Å². The van der Waals surface area contributed by atoms with Crippen LogP contribution in [0.1, 0.15) is 29.7 Å². The van der Waals surface area contributed by atoms with E-state index < -0.39 is 0 Å². The molecule has 28 heavy (non-hydrogen) atoms. The molecule has 1 aromatic heterocycles. The SMILES string of the molecule is COc1ccc(CCNc2c3c(nc4ccc(OC)cc24)CCCC3)c(F)c1. The topological polar surface area (TPSA) is 43.4 Å². The second-order valence-corrected chi connectivity index (χ2v) is 7.14. The van der Waals surface area contributed by atoms with Crippen LogP contribution in [0.4, 0.5) is 10.1 Å². The Kier molecular flexibility index (Phi) is 5.33. The van der Waals surface area contributed by atoms with Crippen molar-refractivity contribution in [1.29, 1.82) is 0 Å². The number of aryl methyl sites for hydroxylation is 1. The van der Waals surface area contributed by atoms with Crippen LogP contribution in [0.5, 0.6) is 11.5 Å². The average Bonchev–Trinajstić information content (AvgIpc) is 2.73. The van der Waals surface area contributed by atoms with Crippen LogP contribution in [0.25, 0.3) is 10.9 Å². The fourth-order valence-electron chi connectivity index (χ4n) is 3.91. The fraction of sp³-hybridized carbons (Fsp3) is 0.348. The number of nitrogens with zero attached hydrogens (tertiary/aromatic N) is 1. The molecule has 0 unspecified atom stereocenters. The summed E-state index contributed by atoms with van der Waals surface area (Å²) in [5.74, 6) is 1.12. The molecule has 4 rings (SSSR count). The van der Waals surface area contributed by atoms with Crippen LogP contribution in [0.3, 0.4) is 0 Å². The van der Waals surface area contributed by atoms with Gasteiger partial charge in [-0.05, 0) is 67.5 Å². The summed E-state index contributed by atoms with van der Waals surface area (Å²) in [6.45, 7) is 0.645. The van der Waals surface area contributed by atoms with Crippen LogP contribution in [-0.2, 0) is 19.3 Å². The maximum absolute atomic E-state index is 14.3. The summed E-state index contributed by atoms with van der Waals surface area (Å²) < 4.78 is 24.8. The van der Waals surface area contributed by atoms with Gasteiger partial charge in [0.15, 0.2) is 0 Å². The molecule has 0 saturated carbocycles. The molecular formula is C23H25FN2O2. The smallest absolute Gasteiger partial charge is 0.130 e. The van der Waals surface area contributed by atoms with Gasteiger partial charge in [-0.3, -0.25) is 4.98 Å². The maximum Gasteiger partial charge on any atom is 0.130 e. The Morgan fingerprint density at radius 3 is 2.54 bits per heavy atom. The van der Waals surface area contributed by atoms with Gasteiger partial charge >= 0.3 is 0 Å². The quantitative estimate of drug-likeness (QED) is 0.659. The van der Waals surface area contributed by atoms with Crippen molar-refractivity contribution in [2.24, 2.45) is 0 Å². The highest BCUT2D eigenvalue weighted by Crippen LogP contribution is 2.35. The molecule has 0 amide bonds. The van der Waals surface area contributed by atoms with Crippen molar-refractivity contribution in [2.75, 3.05) is 26.1 Å². The van der Waals surface area contributed by atoms with E-state index in [2.05, 4.69) is 5.32 Å². The third-order valence-electron chi connectivity index (χ3n) is 5.43. The average molecular weight is 380 g/mol. The second-order valence-electron chi connectivity index (χ2n) is 7.14. The van der Waals surface area contributed by atoms with Gasteiger partial charge in [-0.2, -0.15) is 0 Å². The van der Waals surface area contributed by atoms with Gasteiger partial charge in [-0.15, -0.1) is 0 Å². The van der Waals surface area contributed by atoms with E-state index in [0.717, 1.165) is 35.2 Å². The van der Waals surface area contributed by atoms with Gasteiger partial charge in [0.25, 0.3) is 0 Å². The van der Waals surface area contributed by atoms with Gasteiger partial charge in [-0.25, -0.2) is 4.39 Å². The highest BCUT2D eigenvalue weighted by atomic mass is 19.1. The highest BCUT2D eigenvalue weighted by Gasteiger charge is 2.18. The first-order valence-electron chi connectivity index (χ1n) is 9.75. The van der Waals surface area contributed by atoms with E-state index >= 15 is 0 Å². The number of methoxy groups -OCH3 is 2. The molecule has 146 valence electrons. The van der Waals surface area contributed by atoms with Crippen LogP contribution in [0.15, 0.2) is 36.4 Å². The number of aromatic nitrogens is 1. The second kappa shape index (κ2) is 8.05. The summed E-state index contributed by atoms with van der Waals surface area (Å²) in [5, 5.41) is 4.64. The number of rotatable bonds is 6. The molecule has 0 atom stereocenters. The molecule has 0 spiro atoms. The molecule has 3 aromatic rings. The van der Waals surface area contributed by atoms with Crippen molar-refractivity contribution >= 4 is 16.6 Å². The number of nitrogens with one attached hydrogen (secondary N) is 1. The normalized spacial score (nSPS) is 13.2. The molecule has 0 aliphatic heterocycles. The predicted molar refractivity (Wildman–Crippen MR) is 110 cm³/mol. The van der Waals surface area contributed by atoms with E-state index in [1.54, 1.807) is 26.4 Å². The molecule has 1 aliphatic rings. The Morgan fingerprint density at radius 2 is 1.75 bits per heavy atom. The minimum atomic E-state index is -0.232. The number of ether oxygens (including phenoxy) is 2. The minimum absolute atomic E-state index is 0.232. The Bertz CT molecular complexity index is 1000. The molecule has 1 N–H and O–H groups in total. The van der Waals surface area contributed by atoms with E-state index in [4.69, 9.17) is 14.5 Å². The van der Waals surface area contributed by atoms with E-state index in [0.29, 0.717) is 24.3 Å². The van der Waals surface area contributed by atoms with Crippen molar-refractivity contribution in [1.82, 2.24) is 4.98 Å². The molecule has 2 aromatic carbocycles. The molecule has 5 heteroatoms. The Morgan fingerprint density at radius 1 is 1.00 bits per heavy atom. The number of benzene rings is 2. The van der Waals surface area contributed by atoms with Gasteiger partial charge < -0.3 is 14.8 Å². The van der Waals surface area contributed by atoms with Gasteiger partial charge in [0, 0.05) is 29.4 Å². The summed E-state index contributed by atoms with van der Waals surface area (Å²) >= 11 is 0. The largest absolute Gasteiger partial charge is 0.497 e. The minimum Gasteiger partial charge on any atom is -0.497 e. The summed E-state index contributed by atoms with van der Waals surface area (Å²) in [6.07, 6.45) is 4.98. The Balaban J connectivity index is 1.63. The summed E-state index contributed by atoms with van der Waals surface area (Å²) in [4.78, 5) is 4.88. The lowest BCUT2D eigenvalue weighted by Crippen LogP contribution is -2.13. The van der Waals surface area contributed by atoms with Crippen molar-refractivity contribution in [3.63, 3.8) is 0 Å². The lowest BCUT2D eigenvalue weighted by Gasteiger charge is -2.22. The first-order valence-corrected chi connectivity index (χ1v) is 9.75. The monoisotopic (exact) mass is 380 g/mol. The van der Waals surface area contributed by atoms with Crippen molar-refractivity contribution in [3.05, 3.63) is 59.0 Å². The van der Waals surface area contributed by atoms with E-state index in [-0.39, 0.29) is 5.82 Å². The molecule has 1 aliphatic carbocycles. The molecule has 4 nitrogen and oxygen atoms in total. The van der Waals surface area contributed by atoms with E-state index in [9.17, 15) is 4.39 Å². The number of hydrogen-bond donors (Lipinski definition) is 1. The van der Waals surface area contributed by atoms with Crippen molar-refractivity contribution in [2.45, 2.75) is 32.1 Å². The number of fused-ring (bicyclic) bond motifs is 2. The van der Waals surface area contributed by atoms with Crippen LogP contribution in [-0.4, -0.2) is 25.7 Å². The number of halogens is 1. The maximum atomic E-state index is 14.3. The molecule has 0 fully saturated rings. The summed E-state index contributed by atoms with van der Waals surface area (Å²) in [7, 11) is 3.22. The van der Waals surface area contributed by atoms with Crippen LogP contribution >= 0.6 is 0 Å². The van der Waals surface area contributed by atoms with Crippen LogP contribution < -0.4 is 14.8 Å². The molecule has 0 saturated heterocycles. The van der Waals surface area contributed by atoms with Crippen molar-refractivity contribution < 1.29 is 13.9 Å². The lowest BCUT2D eigenvalue weighted by molar-refractivity contribution is 0.410. The molecular weight excluding hydrogens is 355 g/mol. The van der Waals surface area contributed by atoms with Crippen LogP contribution in [0.2, 0.25) is 0 Å². The van der Waals surface area contributed by atoms with Crippen molar-refractivity contribution in [3.8, 4) is 11.5 Å².